The standard InChI is InChI=1S/C14H20N2O4S/c1-16(21(19,20)11-5-3-2-4-6-11)13-8-7-10(15)9-12(13)14(17)18/h7-9,11H,2-6,15H2,1H3,(H,17,18). The number of nitrogen functional groups attached to an aromatic ring is 1. The van der Waals surface area contributed by atoms with E-state index in [-0.39, 0.29) is 11.3 Å². The maximum absolute atomic E-state index is 12.6. The number of rotatable bonds is 4. The smallest absolute Gasteiger partial charge is 0.337 e. The summed E-state index contributed by atoms with van der Waals surface area (Å²) >= 11 is 0. The summed E-state index contributed by atoms with van der Waals surface area (Å²) in [5, 5.41) is 8.80. The first kappa shape index (κ1) is 15.6. The summed E-state index contributed by atoms with van der Waals surface area (Å²) in [5.41, 5.74) is 5.93. The maximum Gasteiger partial charge on any atom is 0.337 e. The molecule has 1 aromatic carbocycles. The van der Waals surface area contributed by atoms with E-state index in [1.165, 1.54) is 25.2 Å². The Morgan fingerprint density at radius 3 is 2.48 bits per heavy atom. The molecule has 0 radical (unpaired) electrons. The van der Waals surface area contributed by atoms with Crippen molar-refractivity contribution < 1.29 is 18.3 Å². The fourth-order valence-electron chi connectivity index (χ4n) is 2.72. The molecule has 0 aliphatic heterocycles. The van der Waals surface area contributed by atoms with Crippen molar-refractivity contribution in [2.45, 2.75) is 37.4 Å². The van der Waals surface area contributed by atoms with E-state index in [4.69, 9.17) is 5.73 Å². The molecule has 6 nitrogen and oxygen atoms in total. The van der Waals surface area contributed by atoms with Crippen LogP contribution in [0.25, 0.3) is 0 Å². The lowest BCUT2D eigenvalue weighted by Gasteiger charge is -2.29. The Bertz CT molecular complexity index is 636. The summed E-state index contributed by atoms with van der Waals surface area (Å²) in [7, 11) is -2.15. The second kappa shape index (κ2) is 5.93. The van der Waals surface area contributed by atoms with Crippen LogP contribution in [0.1, 0.15) is 42.5 Å². The Kier molecular flexibility index (Phi) is 4.41. The Morgan fingerprint density at radius 1 is 1.29 bits per heavy atom. The number of sulfonamides is 1. The number of anilines is 2. The number of carboxylic acids is 1. The molecule has 0 atom stereocenters. The maximum atomic E-state index is 12.6. The topological polar surface area (TPSA) is 101 Å². The Labute approximate surface area is 124 Å². The molecule has 1 saturated carbocycles. The van der Waals surface area contributed by atoms with Crippen LogP contribution >= 0.6 is 0 Å². The van der Waals surface area contributed by atoms with Crippen molar-refractivity contribution in [1.82, 2.24) is 0 Å². The van der Waals surface area contributed by atoms with Crippen LogP contribution in [0.4, 0.5) is 11.4 Å². The van der Waals surface area contributed by atoms with Crippen LogP contribution in [0.2, 0.25) is 0 Å². The molecule has 0 unspecified atom stereocenters. The van der Waals surface area contributed by atoms with Gasteiger partial charge in [0.15, 0.2) is 0 Å². The molecule has 1 fully saturated rings. The fourth-order valence-corrected chi connectivity index (χ4v) is 4.53. The van der Waals surface area contributed by atoms with E-state index >= 15 is 0 Å². The zero-order valence-electron chi connectivity index (χ0n) is 11.9. The van der Waals surface area contributed by atoms with Crippen LogP contribution in [0.15, 0.2) is 18.2 Å². The molecule has 0 heterocycles. The molecule has 0 amide bonds. The van der Waals surface area contributed by atoms with E-state index < -0.39 is 21.2 Å². The molecule has 116 valence electrons. The van der Waals surface area contributed by atoms with Crippen molar-refractivity contribution in [1.29, 1.82) is 0 Å². The average molecular weight is 312 g/mol. The van der Waals surface area contributed by atoms with Crippen LogP contribution in [-0.2, 0) is 10.0 Å². The first-order valence-electron chi connectivity index (χ1n) is 6.94. The van der Waals surface area contributed by atoms with Crippen molar-refractivity contribution in [2.24, 2.45) is 0 Å². The second-order valence-corrected chi connectivity index (χ2v) is 7.60. The first-order valence-corrected chi connectivity index (χ1v) is 8.45. The zero-order valence-corrected chi connectivity index (χ0v) is 12.8. The molecule has 21 heavy (non-hydrogen) atoms. The molecule has 0 aromatic heterocycles. The minimum atomic E-state index is -3.55. The number of nitrogens with two attached hydrogens (primary N) is 1. The molecule has 1 aliphatic carbocycles. The molecule has 0 spiro atoms. The predicted octanol–water partition coefficient (Wildman–Crippen LogP) is 2.07. The van der Waals surface area contributed by atoms with Gasteiger partial charge in [-0.25, -0.2) is 13.2 Å². The first-order chi connectivity index (χ1) is 9.84. The van der Waals surface area contributed by atoms with E-state index in [1.807, 2.05) is 0 Å². The van der Waals surface area contributed by atoms with Gasteiger partial charge < -0.3 is 10.8 Å². The SMILES string of the molecule is CN(c1ccc(N)cc1C(=O)O)S(=O)(=O)C1CCCCC1. The van der Waals surface area contributed by atoms with Crippen LogP contribution in [0.3, 0.4) is 0 Å². The molecule has 3 N–H and O–H groups in total. The highest BCUT2D eigenvalue weighted by Gasteiger charge is 2.32. The molecule has 7 heteroatoms. The van der Waals surface area contributed by atoms with Crippen LogP contribution in [-0.4, -0.2) is 31.8 Å². The largest absolute Gasteiger partial charge is 0.478 e. The number of nitrogens with zero attached hydrogens (tertiary/aromatic N) is 1. The predicted molar refractivity (Wildman–Crippen MR) is 82.0 cm³/mol. The highest BCUT2D eigenvalue weighted by molar-refractivity contribution is 7.93. The van der Waals surface area contributed by atoms with E-state index in [2.05, 4.69) is 0 Å². The van der Waals surface area contributed by atoms with Gasteiger partial charge in [0.05, 0.1) is 16.5 Å². The number of benzene rings is 1. The number of hydrogen-bond donors (Lipinski definition) is 2. The van der Waals surface area contributed by atoms with Gasteiger partial charge in [0, 0.05) is 12.7 Å². The lowest BCUT2D eigenvalue weighted by molar-refractivity contribution is 0.0698. The molecule has 0 saturated heterocycles. The molecular weight excluding hydrogens is 292 g/mol. The summed E-state index contributed by atoms with van der Waals surface area (Å²) in [6.07, 6.45) is 4.10. The van der Waals surface area contributed by atoms with E-state index in [9.17, 15) is 18.3 Å². The average Bonchev–Trinajstić information content (AvgIpc) is 2.47. The minimum absolute atomic E-state index is 0.100. The van der Waals surface area contributed by atoms with E-state index in [0.29, 0.717) is 18.5 Å². The Morgan fingerprint density at radius 2 is 1.90 bits per heavy atom. The zero-order chi connectivity index (χ0) is 15.6. The summed E-state index contributed by atoms with van der Waals surface area (Å²) in [6.45, 7) is 0. The van der Waals surface area contributed by atoms with Crippen molar-refractivity contribution in [3.8, 4) is 0 Å². The lowest BCUT2D eigenvalue weighted by Crippen LogP contribution is -2.38. The third kappa shape index (κ3) is 3.12. The number of carboxylic acid groups (broad SMARTS) is 1. The monoisotopic (exact) mass is 312 g/mol. The molecule has 0 bridgehead atoms. The second-order valence-electron chi connectivity index (χ2n) is 5.35. The highest BCUT2D eigenvalue weighted by Crippen LogP contribution is 2.30. The minimum Gasteiger partial charge on any atom is -0.478 e. The normalized spacial score (nSPS) is 16.6. The highest BCUT2D eigenvalue weighted by atomic mass is 32.2. The number of carbonyl (C=O) groups is 1. The lowest BCUT2D eigenvalue weighted by atomic mass is 10.0. The molecule has 2 rings (SSSR count). The molecular formula is C14H20N2O4S. The van der Waals surface area contributed by atoms with Crippen molar-refractivity contribution in [3.63, 3.8) is 0 Å². The quantitative estimate of drug-likeness (QED) is 0.829. The summed E-state index contributed by atoms with van der Waals surface area (Å²) < 4.78 is 26.4. The van der Waals surface area contributed by atoms with Gasteiger partial charge in [-0.1, -0.05) is 19.3 Å². The van der Waals surface area contributed by atoms with Crippen molar-refractivity contribution in [2.75, 3.05) is 17.1 Å². The van der Waals surface area contributed by atoms with Gasteiger partial charge in [0.25, 0.3) is 0 Å². The Balaban J connectivity index is 2.39. The van der Waals surface area contributed by atoms with Gasteiger partial charge >= 0.3 is 5.97 Å². The van der Waals surface area contributed by atoms with Crippen LogP contribution in [0.5, 0.6) is 0 Å². The van der Waals surface area contributed by atoms with E-state index in [0.717, 1.165) is 23.6 Å². The van der Waals surface area contributed by atoms with Gasteiger partial charge in [-0.2, -0.15) is 0 Å². The third-order valence-electron chi connectivity index (χ3n) is 3.95. The molecule has 1 aliphatic rings. The number of aromatic carboxylic acids is 1. The molecule has 1 aromatic rings. The van der Waals surface area contributed by atoms with Gasteiger partial charge in [0.1, 0.15) is 0 Å². The van der Waals surface area contributed by atoms with Crippen molar-refractivity contribution in [3.05, 3.63) is 23.8 Å². The number of hydrogen-bond acceptors (Lipinski definition) is 4. The van der Waals surface area contributed by atoms with Crippen molar-refractivity contribution >= 4 is 27.4 Å². The summed E-state index contributed by atoms with van der Waals surface area (Å²) in [5.74, 6) is -1.19. The third-order valence-corrected chi connectivity index (χ3v) is 6.22. The summed E-state index contributed by atoms with van der Waals surface area (Å²) in [6, 6.07) is 4.23. The van der Waals surface area contributed by atoms with Gasteiger partial charge in [-0.05, 0) is 31.0 Å². The van der Waals surface area contributed by atoms with Gasteiger partial charge in [0.2, 0.25) is 10.0 Å². The van der Waals surface area contributed by atoms with Crippen LogP contribution in [0, 0.1) is 0 Å². The Hall–Kier alpha value is -1.76. The van der Waals surface area contributed by atoms with E-state index in [1.54, 1.807) is 0 Å². The summed E-state index contributed by atoms with van der Waals surface area (Å²) in [4.78, 5) is 11.3. The van der Waals surface area contributed by atoms with Gasteiger partial charge in [-0.3, -0.25) is 4.31 Å². The van der Waals surface area contributed by atoms with Gasteiger partial charge in [-0.15, -0.1) is 0 Å². The fraction of sp³-hybridized carbons (Fsp3) is 0.500. The van der Waals surface area contributed by atoms with Crippen LogP contribution < -0.4 is 10.0 Å².